The van der Waals surface area contributed by atoms with Gasteiger partial charge in [0.05, 0.1) is 0 Å². The largest absolute Gasteiger partial charge is 0.478 e. The maximum atomic E-state index is 11.4. The first kappa shape index (κ1) is 14.3. The molecule has 0 saturated heterocycles. The van der Waals surface area contributed by atoms with E-state index in [1.165, 1.54) is 19.3 Å². The number of halogens is 1. The summed E-state index contributed by atoms with van der Waals surface area (Å²) in [5, 5.41) is 9.35. The molecule has 1 N–H and O–H groups in total. The predicted molar refractivity (Wildman–Crippen MR) is 78.8 cm³/mol. The fourth-order valence-corrected chi connectivity index (χ4v) is 3.12. The van der Waals surface area contributed by atoms with E-state index in [9.17, 15) is 9.90 Å². The fourth-order valence-electron chi connectivity index (χ4n) is 2.79. The predicted octanol–water partition coefficient (Wildman–Crippen LogP) is 3.70. The Hall–Kier alpha value is -1.10. The highest BCUT2D eigenvalue weighted by molar-refractivity contribution is 9.10. The molecule has 1 fully saturated rings. The maximum Gasteiger partial charge on any atom is 0.339 e. The van der Waals surface area contributed by atoms with Crippen LogP contribution in [0.4, 0.5) is 5.82 Å². The molecule has 0 aliphatic heterocycles. The highest BCUT2D eigenvalue weighted by Gasteiger charge is 2.25. The van der Waals surface area contributed by atoms with Gasteiger partial charge >= 0.3 is 5.97 Å². The van der Waals surface area contributed by atoms with E-state index in [1.807, 2.05) is 0 Å². The van der Waals surface area contributed by atoms with Gasteiger partial charge in [0.1, 0.15) is 11.4 Å². The molecule has 2 rings (SSSR count). The molecule has 0 atom stereocenters. The van der Waals surface area contributed by atoms with Crippen molar-refractivity contribution in [3.63, 3.8) is 0 Å². The van der Waals surface area contributed by atoms with E-state index in [1.54, 1.807) is 12.3 Å². The van der Waals surface area contributed by atoms with Gasteiger partial charge in [0.25, 0.3) is 0 Å². The summed E-state index contributed by atoms with van der Waals surface area (Å²) in [6, 6.07) is 2.06. The Morgan fingerprint density at radius 1 is 1.47 bits per heavy atom. The number of carboxylic acid groups (broad SMARTS) is 1. The Morgan fingerprint density at radius 3 is 2.74 bits per heavy atom. The summed E-state index contributed by atoms with van der Waals surface area (Å²) in [7, 11) is 0. The Bertz CT molecular complexity index is 459. The Kier molecular flexibility index (Phi) is 4.80. The maximum absolute atomic E-state index is 11.4. The van der Waals surface area contributed by atoms with Gasteiger partial charge in [-0.15, -0.1) is 0 Å². The van der Waals surface area contributed by atoms with Crippen LogP contribution in [0.2, 0.25) is 0 Å². The molecule has 0 amide bonds. The van der Waals surface area contributed by atoms with Gasteiger partial charge in [0, 0.05) is 23.3 Å². The molecule has 1 saturated carbocycles. The average molecular weight is 327 g/mol. The van der Waals surface area contributed by atoms with Crippen molar-refractivity contribution in [2.75, 3.05) is 11.4 Å². The highest BCUT2D eigenvalue weighted by atomic mass is 79.9. The van der Waals surface area contributed by atoms with Crippen LogP contribution in [-0.4, -0.2) is 28.6 Å². The first-order valence-electron chi connectivity index (χ1n) is 6.79. The molecular weight excluding hydrogens is 308 g/mol. The molecule has 1 aliphatic rings. The van der Waals surface area contributed by atoms with Gasteiger partial charge in [-0.2, -0.15) is 0 Å². The number of rotatable bonds is 4. The van der Waals surface area contributed by atoms with Crippen LogP contribution < -0.4 is 4.90 Å². The topological polar surface area (TPSA) is 53.4 Å². The quantitative estimate of drug-likeness (QED) is 0.916. The van der Waals surface area contributed by atoms with E-state index >= 15 is 0 Å². The summed E-state index contributed by atoms with van der Waals surface area (Å²) in [4.78, 5) is 17.9. The first-order valence-corrected chi connectivity index (χ1v) is 7.58. The van der Waals surface area contributed by atoms with Crippen molar-refractivity contribution < 1.29 is 9.90 Å². The lowest BCUT2D eigenvalue weighted by molar-refractivity contribution is 0.0697. The first-order chi connectivity index (χ1) is 9.13. The van der Waals surface area contributed by atoms with E-state index in [2.05, 4.69) is 32.7 Å². The number of aromatic nitrogens is 1. The van der Waals surface area contributed by atoms with Crippen LogP contribution in [0.1, 0.15) is 49.4 Å². The number of anilines is 1. The molecule has 1 aliphatic carbocycles. The number of carboxylic acids is 1. The summed E-state index contributed by atoms with van der Waals surface area (Å²) in [6.45, 7) is 2.85. The zero-order valence-electron chi connectivity index (χ0n) is 11.1. The minimum absolute atomic E-state index is 0.279. The second kappa shape index (κ2) is 6.37. The van der Waals surface area contributed by atoms with Crippen LogP contribution in [0.25, 0.3) is 0 Å². The number of pyridine rings is 1. The van der Waals surface area contributed by atoms with Crippen molar-refractivity contribution in [1.29, 1.82) is 0 Å². The van der Waals surface area contributed by atoms with Crippen LogP contribution >= 0.6 is 15.9 Å². The molecule has 104 valence electrons. The van der Waals surface area contributed by atoms with Gasteiger partial charge < -0.3 is 10.0 Å². The zero-order chi connectivity index (χ0) is 13.8. The van der Waals surface area contributed by atoms with E-state index in [-0.39, 0.29) is 5.56 Å². The third-order valence-electron chi connectivity index (χ3n) is 3.69. The summed E-state index contributed by atoms with van der Waals surface area (Å²) in [5.74, 6) is -0.317. The van der Waals surface area contributed by atoms with E-state index < -0.39 is 5.97 Å². The van der Waals surface area contributed by atoms with Crippen molar-refractivity contribution in [2.24, 2.45) is 0 Å². The molecule has 4 nitrogen and oxygen atoms in total. The minimum Gasteiger partial charge on any atom is -0.478 e. The molecule has 1 aromatic heterocycles. The number of aromatic carboxylic acids is 1. The highest BCUT2D eigenvalue weighted by Crippen LogP contribution is 2.29. The molecule has 0 spiro atoms. The van der Waals surface area contributed by atoms with Gasteiger partial charge in [-0.25, -0.2) is 9.78 Å². The van der Waals surface area contributed by atoms with E-state index in [0.717, 1.165) is 19.4 Å². The summed E-state index contributed by atoms with van der Waals surface area (Å²) in [5.41, 5.74) is 0.279. The van der Waals surface area contributed by atoms with Gasteiger partial charge in [0.2, 0.25) is 0 Å². The third-order valence-corrected chi connectivity index (χ3v) is 4.13. The number of carbonyl (C=O) groups is 1. The van der Waals surface area contributed by atoms with Crippen molar-refractivity contribution in [3.8, 4) is 0 Å². The van der Waals surface area contributed by atoms with Crippen LogP contribution in [0, 0.1) is 0 Å². The molecule has 19 heavy (non-hydrogen) atoms. The third kappa shape index (κ3) is 3.26. The monoisotopic (exact) mass is 326 g/mol. The normalized spacial score (nSPS) is 16.3. The van der Waals surface area contributed by atoms with Crippen molar-refractivity contribution in [2.45, 2.75) is 45.1 Å². The Labute approximate surface area is 122 Å². The minimum atomic E-state index is -0.918. The van der Waals surface area contributed by atoms with Crippen molar-refractivity contribution in [1.82, 2.24) is 4.98 Å². The van der Waals surface area contributed by atoms with Crippen molar-refractivity contribution >= 4 is 27.7 Å². The molecule has 0 radical (unpaired) electrons. The second-order valence-electron chi connectivity index (χ2n) is 4.91. The molecule has 1 aromatic rings. The molecule has 1 heterocycles. The summed E-state index contributed by atoms with van der Waals surface area (Å²) < 4.78 is 0.702. The second-order valence-corrected chi connectivity index (χ2v) is 5.82. The molecule has 5 heteroatoms. The fraction of sp³-hybridized carbons (Fsp3) is 0.571. The lowest BCUT2D eigenvalue weighted by atomic mass is 9.94. The average Bonchev–Trinajstić information content (AvgIpc) is 2.42. The molecular formula is C14H19BrN2O2. The van der Waals surface area contributed by atoms with E-state index in [0.29, 0.717) is 16.3 Å². The van der Waals surface area contributed by atoms with E-state index in [4.69, 9.17) is 0 Å². The van der Waals surface area contributed by atoms with Gasteiger partial charge in [-0.3, -0.25) is 0 Å². The zero-order valence-corrected chi connectivity index (χ0v) is 12.7. The van der Waals surface area contributed by atoms with Crippen LogP contribution in [0.5, 0.6) is 0 Å². The Morgan fingerprint density at radius 2 is 2.16 bits per heavy atom. The summed E-state index contributed by atoms with van der Waals surface area (Å²) >= 11 is 3.29. The molecule has 0 aromatic carbocycles. The van der Waals surface area contributed by atoms with Crippen LogP contribution in [0.15, 0.2) is 16.7 Å². The SMILES string of the molecule is CCN(c1ncc(Br)cc1C(=O)O)C1CCCCC1. The molecule has 0 bridgehead atoms. The smallest absolute Gasteiger partial charge is 0.339 e. The van der Waals surface area contributed by atoms with Gasteiger partial charge in [-0.05, 0) is 41.8 Å². The molecule has 0 unspecified atom stereocenters. The lowest BCUT2D eigenvalue weighted by Crippen LogP contribution is -2.38. The number of hydrogen-bond donors (Lipinski definition) is 1. The number of nitrogens with zero attached hydrogens (tertiary/aromatic N) is 2. The number of hydrogen-bond acceptors (Lipinski definition) is 3. The van der Waals surface area contributed by atoms with Crippen LogP contribution in [0.3, 0.4) is 0 Å². The van der Waals surface area contributed by atoms with Gasteiger partial charge in [-0.1, -0.05) is 19.3 Å². The van der Waals surface area contributed by atoms with Gasteiger partial charge in [0.15, 0.2) is 0 Å². The van der Waals surface area contributed by atoms with Crippen LogP contribution in [-0.2, 0) is 0 Å². The summed E-state index contributed by atoms with van der Waals surface area (Å²) in [6.07, 6.45) is 7.66. The lowest BCUT2D eigenvalue weighted by Gasteiger charge is -2.35. The Balaban J connectivity index is 2.34. The standard InChI is InChI=1S/C14H19BrN2O2/c1-2-17(11-6-4-3-5-7-11)13-12(14(18)19)8-10(15)9-16-13/h8-9,11H,2-7H2,1H3,(H,18,19). The van der Waals surface area contributed by atoms with Crippen molar-refractivity contribution in [3.05, 3.63) is 22.3 Å².